The maximum atomic E-state index is 13.3. The summed E-state index contributed by atoms with van der Waals surface area (Å²) in [6, 6.07) is 13.8. The predicted octanol–water partition coefficient (Wildman–Crippen LogP) is 2.46. The topological polar surface area (TPSA) is 52.0 Å². The molecule has 0 saturated heterocycles. The van der Waals surface area contributed by atoms with Gasteiger partial charge in [0.15, 0.2) is 0 Å². The molecule has 2 nitrogen and oxygen atoms in total. The highest BCUT2D eigenvalue weighted by Gasteiger charge is 2.13. The van der Waals surface area contributed by atoms with Gasteiger partial charge in [-0.25, -0.2) is 4.39 Å². The minimum absolute atomic E-state index is 0.124. The highest BCUT2D eigenvalue weighted by atomic mass is 19.1. The van der Waals surface area contributed by atoms with Gasteiger partial charge in [0.1, 0.15) is 5.82 Å². The van der Waals surface area contributed by atoms with Crippen LogP contribution in [-0.2, 0) is 0 Å². The van der Waals surface area contributed by atoms with E-state index in [1.807, 2.05) is 30.3 Å². The van der Waals surface area contributed by atoms with Crippen molar-refractivity contribution < 1.29 is 4.39 Å². The number of benzene rings is 2. The first-order chi connectivity index (χ1) is 7.70. The molecule has 4 N–H and O–H groups in total. The third kappa shape index (κ3) is 1.90. The summed E-state index contributed by atoms with van der Waals surface area (Å²) in [5.41, 5.74) is 13.4. The van der Waals surface area contributed by atoms with Crippen molar-refractivity contribution in [3.63, 3.8) is 0 Å². The van der Waals surface area contributed by atoms with E-state index in [2.05, 4.69) is 0 Å². The molecule has 0 aliphatic heterocycles. The molecule has 0 aromatic heterocycles. The molecule has 2 aromatic carbocycles. The molecule has 16 heavy (non-hydrogen) atoms. The van der Waals surface area contributed by atoms with E-state index < -0.39 is 11.9 Å². The van der Waals surface area contributed by atoms with Gasteiger partial charge in [-0.2, -0.15) is 0 Å². The van der Waals surface area contributed by atoms with Crippen molar-refractivity contribution in [3.8, 4) is 0 Å². The number of halogens is 1. The summed E-state index contributed by atoms with van der Waals surface area (Å²) < 4.78 is 13.3. The molecule has 0 aliphatic carbocycles. The number of anilines is 1. The Morgan fingerprint density at radius 1 is 0.938 bits per heavy atom. The molecule has 0 amide bonds. The summed E-state index contributed by atoms with van der Waals surface area (Å²) in [7, 11) is 0. The standard InChI is InChI=1S/C13H13FN2/c14-11-8-4-7-10(13(11)16)12(15)9-5-2-1-3-6-9/h1-8,12H,15-16H2. The number of nitrogen functional groups attached to an aromatic ring is 1. The fourth-order valence-corrected chi connectivity index (χ4v) is 1.66. The second-order valence-electron chi connectivity index (χ2n) is 3.63. The molecule has 82 valence electrons. The zero-order valence-electron chi connectivity index (χ0n) is 8.73. The van der Waals surface area contributed by atoms with Gasteiger partial charge >= 0.3 is 0 Å². The lowest BCUT2D eigenvalue weighted by Crippen LogP contribution is -2.14. The largest absolute Gasteiger partial charge is 0.396 e. The average molecular weight is 216 g/mol. The fraction of sp³-hybridized carbons (Fsp3) is 0.0769. The van der Waals surface area contributed by atoms with Gasteiger partial charge in [0.05, 0.1) is 11.7 Å². The first-order valence-corrected chi connectivity index (χ1v) is 5.04. The Morgan fingerprint density at radius 2 is 1.62 bits per heavy atom. The Balaban J connectivity index is 2.42. The molecule has 1 atom stereocenters. The highest BCUT2D eigenvalue weighted by molar-refractivity contribution is 5.52. The van der Waals surface area contributed by atoms with E-state index in [9.17, 15) is 4.39 Å². The Kier molecular flexibility index (Phi) is 2.88. The summed E-state index contributed by atoms with van der Waals surface area (Å²) in [5.74, 6) is -0.427. The van der Waals surface area contributed by atoms with Crippen molar-refractivity contribution in [2.75, 3.05) is 5.73 Å². The van der Waals surface area contributed by atoms with E-state index >= 15 is 0 Å². The first-order valence-electron chi connectivity index (χ1n) is 5.04. The van der Waals surface area contributed by atoms with Gasteiger partial charge < -0.3 is 11.5 Å². The van der Waals surface area contributed by atoms with Crippen molar-refractivity contribution >= 4 is 5.69 Å². The third-order valence-electron chi connectivity index (χ3n) is 2.58. The Morgan fingerprint density at radius 3 is 2.31 bits per heavy atom. The lowest BCUT2D eigenvalue weighted by molar-refractivity contribution is 0.629. The second kappa shape index (κ2) is 4.33. The van der Waals surface area contributed by atoms with E-state index in [-0.39, 0.29) is 5.69 Å². The van der Waals surface area contributed by atoms with Crippen molar-refractivity contribution in [2.45, 2.75) is 6.04 Å². The number of rotatable bonds is 2. The van der Waals surface area contributed by atoms with Crippen LogP contribution in [0.4, 0.5) is 10.1 Å². The molecular weight excluding hydrogens is 203 g/mol. The van der Waals surface area contributed by atoms with Crippen LogP contribution in [0.3, 0.4) is 0 Å². The van der Waals surface area contributed by atoms with Crippen LogP contribution >= 0.6 is 0 Å². The molecule has 0 bridgehead atoms. The zero-order valence-corrected chi connectivity index (χ0v) is 8.73. The molecule has 2 rings (SSSR count). The van der Waals surface area contributed by atoms with Gasteiger partial charge in [-0.15, -0.1) is 0 Å². The minimum Gasteiger partial charge on any atom is -0.396 e. The van der Waals surface area contributed by atoms with Crippen LogP contribution in [0.2, 0.25) is 0 Å². The van der Waals surface area contributed by atoms with Crippen LogP contribution in [0.5, 0.6) is 0 Å². The number of nitrogens with two attached hydrogens (primary N) is 2. The highest BCUT2D eigenvalue weighted by Crippen LogP contribution is 2.26. The Labute approximate surface area is 93.7 Å². The molecule has 0 spiro atoms. The van der Waals surface area contributed by atoms with Crippen molar-refractivity contribution in [2.24, 2.45) is 5.73 Å². The van der Waals surface area contributed by atoms with E-state index in [1.165, 1.54) is 6.07 Å². The molecule has 0 fully saturated rings. The molecular formula is C13H13FN2. The van der Waals surface area contributed by atoms with Crippen LogP contribution in [0.1, 0.15) is 17.2 Å². The lowest BCUT2D eigenvalue weighted by Gasteiger charge is -2.15. The van der Waals surface area contributed by atoms with E-state index in [1.54, 1.807) is 12.1 Å². The lowest BCUT2D eigenvalue weighted by atomic mass is 9.98. The number of para-hydroxylation sites is 1. The van der Waals surface area contributed by atoms with Gasteiger partial charge in [0, 0.05) is 0 Å². The van der Waals surface area contributed by atoms with Gasteiger partial charge in [0.2, 0.25) is 0 Å². The first kappa shape index (κ1) is 10.6. The van der Waals surface area contributed by atoms with Crippen LogP contribution in [0.25, 0.3) is 0 Å². The third-order valence-corrected chi connectivity index (χ3v) is 2.58. The monoisotopic (exact) mass is 216 g/mol. The van der Waals surface area contributed by atoms with Gasteiger partial charge in [-0.1, -0.05) is 42.5 Å². The summed E-state index contributed by atoms with van der Waals surface area (Å²) in [5, 5.41) is 0. The fourth-order valence-electron chi connectivity index (χ4n) is 1.66. The SMILES string of the molecule is Nc1c(F)cccc1C(N)c1ccccc1. The maximum absolute atomic E-state index is 13.3. The molecule has 0 heterocycles. The van der Waals surface area contributed by atoms with Gasteiger partial charge in [0.25, 0.3) is 0 Å². The maximum Gasteiger partial charge on any atom is 0.146 e. The molecule has 0 radical (unpaired) electrons. The second-order valence-corrected chi connectivity index (χ2v) is 3.63. The molecule has 1 unspecified atom stereocenters. The van der Waals surface area contributed by atoms with Crippen molar-refractivity contribution in [1.29, 1.82) is 0 Å². The van der Waals surface area contributed by atoms with E-state index in [0.717, 1.165) is 5.56 Å². The zero-order chi connectivity index (χ0) is 11.5. The molecule has 3 heteroatoms. The number of hydrogen-bond donors (Lipinski definition) is 2. The minimum atomic E-state index is -0.427. The summed E-state index contributed by atoms with van der Waals surface area (Å²) in [6.07, 6.45) is 0. The van der Waals surface area contributed by atoms with Crippen LogP contribution in [0, 0.1) is 5.82 Å². The number of hydrogen-bond acceptors (Lipinski definition) is 2. The summed E-state index contributed by atoms with van der Waals surface area (Å²) in [4.78, 5) is 0. The van der Waals surface area contributed by atoms with E-state index in [0.29, 0.717) is 5.56 Å². The smallest absolute Gasteiger partial charge is 0.146 e. The van der Waals surface area contributed by atoms with Crippen molar-refractivity contribution in [3.05, 3.63) is 65.5 Å². The average Bonchev–Trinajstić information content (AvgIpc) is 2.33. The quantitative estimate of drug-likeness (QED) is 0.757. The molecule has 0 aliphatic rings. The van der Waals surface area contributed by atoms with E-state index in [4.69, 9.17) is 11.5 Å². The van der Waals surface area contributed by atoms with Crippen molar-refractivity contribution in [1.82, 2.24) is 0 Å². The van der Waals surface area contributed by atoms with Crippen LogP contribution < -0.4 is 11.5 Å². The van der Waals surface area contributed by atoms with Gasteiger partial charge in [-0.3, -0.25) is 0 Å². The van der Waals surface area contributed by atoms with Gasteiger partial charge in [-0.05, 0) is 17.2 Å². The van der Waals surface area contributed by atoms with Crippen LogP contribution in [0.15, 0.2) is 48.5 Å². The Bertz CT molecular complexity index is 483. The Hall–Kier alpha value is -1.87. The van der Waals surface area contributed by atoms with Crippen LogP contribution in [-0.4, -0.2) is 0 Å². The summed E-state index contributed by atoms with van der Waals surface area (Å²) >= 11 is 0. The molecule has 0 saturated carbocycles. The molecule has 2 aromatic rings. The predicted molar refractivity (Wildman–Crippen MR) is 63.3 cm³/mol. The summed E-state index contributed by atoms with van der Waals surface area (Å²) in [6.45, 7) is 0. The normalized spacial score (nSPS) is 12.4.